The van der Waals surface area contributed by atoms with Gasteiger partial charge in [0.2, 0.25) is 0 Å². The van der Waals surface area contributed by atoms with Gasteiger partial charge in [0.15, 0.2) is 0 Å². The Bertz CT molecular complexity index is 735. The van der Waals surface area contributed by atoms with Crippen LogP contribution in [0.25, 0.3) is 0 Å². The predicted molar refractivity (Wildman–Crippen MR) is 105 cm³/mol. The van der Waals surface area contributed by atoms with E-state index < -0.39 is 0 Å². The Morgan fingerprint density at radius 3 is 2.56 bits per heavy atom. The van der Waals surface area contributed by atoms with Crippen molar-refractivity contribution in [3.05, 3.63) is 76.2 Å². The monoisotopic (exact) mass is 354 g/mol. The zero-order chi connectivity index (χ0) is 17.5. The summed E-state index contributed by atoms with van der Waals surface area (Å²) >= 11 is 1.77. The van der Waals surface area contributed by atoms with E-state index in [-0.39, 0.29) is 0 Å². The maximum absolute atomic E-state index is 4.30. The SMILES string of the molecule is CN(C)CCN(Cc1ccsc1)Cc1cccc(Cn2cccn2)c1. The lowest BCUT2D eigenvalue weighted by Crippen LogP contribution is -2.31. The molecular formula is C20H26N4S. The minimum absolute atomic E-state index is 0.822. The van der Waals surface area contributed by atoms with Crippen LogP contribution in [0.3, 0.4) is 0 Å². The Hall–Kier alpha value is -1.95. The van der Waals surface area contributed by atoms with Crippen LogP contribution in [-0.4, -0.2) is 46.8 Å². The average Bonchev–Trinajstić information content (AvgIpc) is 3.27. The van der Waals surface area contributed by atoms with Crippen LogP contribution in [0.1, 0.15) is 16.7 Å². The van der Waals surface area contributed by atoms with Crippen LogP contribution in [0.2, 0.25) is 0 Å². The van der Waals surface area contributed by atoms with Crippen molar-refractivity contribution in [3.63, 3.8) is 0 Å². The van der Waals surface area contributed by atoms with E-state index in [1.54, 1.807) is 11.3 Å². The van der Waals surface area contributed by atoms with Crippen LogP contribution < -0.4 is 0 Å². The number of nitrogens with zero attached hydrogens (tertiary/aromatic N) is 4. The quantitative estimate of drug-likeness (QED) is 0.587. The van der Waals surface area contributed by atoms with E-state index in [9.17, 15) is 0 Å². The molecule has 0 bridgehead atoms. The molecule has 5 heteroatoms. The molecule has 0 saturated heterocycles. The molecule has 0 atom stereocenters. The molecule has 0 aliphatic carbocycles. The van der Waals surface area contributed by atoms with Crippen molar-refractivity contribution in [1.82, 2.24) is 19.6 Å². The van der Waals surface area contributed by atoms with Crippen LogP contribution in [0.15, 0.2) is 59.6 Å². The molecule has 0 spiro atoms. The summed E-state index contributed by atoms with van der Waals surface area (Å²) in [5.41, 5.74) is 4.05. The lowest BCUT2D eigenvalue weighted by molar-refractivity contribution is 0.226. The maximum Gasteiger partial charge on any atom is 0.0659 e. The average molecular weight is 355 g/mol. The summed E-state index contributed by atoms with van der Waals surface area (Å²) in [4.78, 5) is 4.77. The van der Waals surface area contributed by atoms with Gasteiger partial charge in [-0.15, -0.1) is 0 Å². The molecule has 3 rings (SSSR count). The van der Waals surface area contributed by atoms with Crippen molar-refractivity contribution in [2.24, 2.45) is 0 Å². The molecule has 0 amide bonds. The summed E-state index contributed by atoms with van der Waals surface area (Å²) in [7, 11) is 4.26. The van der Waals surface area contributed by atoms with Gasteiger partial charge in [-0.25, -0.2) is 0 Å². The zero-order valence-electron chi connectivity index (χ0n) is 15.0. The number of hydrogen-bond acceptors (Lipinski definition) is 4. The molecule has 0 unspecified atom stereocenters. The molecule has 2 aromatic heterocycles. The van der Waals surface area contributed by atoms with Crippen molar-refractivity contribution in [1.29, 1.82) is 0 Å². The smallest absolute Gasteiger partial charge is 0.0659 e. The van der Waals surface area contributed by atoms with Crippen molar-refractivity contribution in [3.8, 4) is 0 Å². The minimum atomic E-state index is 0.822. The first-order chi connectivity index (χ1) is 12.2. The van der Waals surface area contributed by atoms with E-state index in [4.69, 9.17) is 0 Å². The molecule has 4 nitrogen and oxygen atoms in total. The molecule has 25 heavy (non-hydrogen) atoms. The fraction of sp³-hybridized carbons (Fsp3) is 0.350. The van der Waals surface area contributed by atoms with Crippen molar-refractivity contribution in [2.45, 2.75) is 19.6 Å². The normalized spacial score (nSPS) is 11.5. The Kier molecular flexibility index (Phi) is 6.39. The molecule has 0 saturated carbocycles. The Morgan fingerprint density at radius 1 is 1.00 bits per heavy atom. The molecular weight excluding hydrogens is 328 g/mol. The van der Waals surface area contributed by atoms with E-state index in [0.29, 0.717) is 0 Å². The van der Waals surface area contributed by atoms with Gasteiger partial charge in [-0.3, -0.25) is 9.58 Å². The highest BCUT2D eigenvalue weighted by Gasteiger charge is 2.09. The van der Waals surface area contributed by atoms with Gasteiger partial charge in [0.05, 0.1) is 6.54 Å². The zero-order valence-corrected chi connectivity index (χ0v) is 15.8. The van der Waals surface area contributed by atoms with Crippen LogP contribution >= 0.6 is 11.3 Å². The lowest BCUT2D eigenvalue weighted by atomic mass is 10.1. The first kappa shape index (κ1) is 17.9. The summed E-state index contributed by atoms with van der Waals surface area (Å²) in [6.45, 7) is 4.92. The fourth-order valence-electron chi connectivity index (χ4n) is 2.86. The Labute approximate surface area is 154 Å². The van der Waals surface area contributed by atoms with Crippen molar-refractivity contribution in [2.75, 3.05) is 27.2 Å². The van der Waals surface area contributed by atoms with Gasteiger partial charge in [-0.2, -0.15) is 16.4 Å². The second kappa shape index (κ2) is 8.94. The number of hydrogen-bond donors (Lipinski definition) is 0. The molecule has 0 N–H and O–H groups in total. The third-order valence-corrected chi connectivity index (χ3v) is 4.88. The van der Waals surface area contributed by atoms with Gasteiger partial charge in [0.25, 0.3) is 0 Å². The molecule has 2 heterocycles. The first-order valence-electron chi connectivity index (χ1n) is 8.62. The van der Waals surface area contributed by atoms with E-state index >= 15 is 0 Å². The van der Waals surface area contributed by atoms with E-state index in [1.165, 1.54) is 16.7 Å². The van der Waals surface area contributed by atoms with Crippen LogP contribution in [-0.2, 0) is 19.6 Å². The summed E-state index contributed by atoms with van der Waals surface area (Å²) in [5, 5.41) is 8.71. The number of benzene rings is 1. The van der Waals surface area contributed by atoms with Gasteiger partial charge in [0, 0.05) is 38.6 Å². The van der Waals surface area contributed by atoms with Gasteiger partial charge in [-0.1, -0.05) is 24.3 Å². The van der Waals surface area contributed by atoms with Gasteiger partial charge < -0.3 is 4.90 Å². The third-order valence-electron chi connectivity index (χ3n) is 4.15. The lowest BCUT2D eigenvalue weighted by Gasteiger charge is -2.24. The highest BCUT2D eigenvalue weighted by atomic mass is 32.1. The standard InChI is InChI=1S/C20H26N4S/c1-22(2)10-11-23(15-20-7-12-25-17-20)14-18-5-3-6-19(13-18)16-24-9-4-8-21-24/h3-9,12-13,17H,10-11,14-16H2,1-2H3. The number of rotatable bonds is 9. The molecule has 132 valence electrons. The molecule has 0 aliphatic heterocycles. The van der Waals surface area contributed by atoms with E-state index in [2.05, 4.69) is 70.1 Å². The Morgan fingerprint density at radius 2 is 1.84 bits per heavy atom. The molecule has 0 fully saturated rings. The van der Waals surface area contributed by atoms with Crippen LogP contribution in [0.4, 0.5) is 0 Å². The maximum atomic E-state index is 4.30. The Balaban J connectivity index is 1.67. The number of aromatic nitrogens is 2. The second-order valence-corrected chi connectivity index (χ2v) is 7.45. The van der Waals surface area contributed by atoms with Crippen molar-refractivity contribution < 1.29 is 0 Å². The number of likely N-dealkylation sites (N-methyl/N-ethyl adjacent to an activating group) is 1. The van der Waals surface area contributed by atoms with E-state index in [1.807, 2.05) is 23.1 Å². The van der Waals surface area contributed by atoms with Gasteiger partial charge in [-0.05, 0) is 53.7 Å². The first-order valence-corrected chi connectivity index (χ1v) is 9.57. The predicted octanol–water partition coefficient (Wildman–Crippen LogP) is 3.56. The van der Waals surface area contributed by atoms with E-state index in [0.717, 1.165) is 32.7 Å². The topological polar surface area (TPSA) is 24.3 Å². The highest BCUT2D eigenvalue weighted by Crippen LogP contribution is 2.14. The minimum Gasteiger partial charge on any atom is -0.308 e. The van der Waals surface area contributed by atoms with Crippen LogP contribution in [0, 0.1) is 0 Å². The van der Waals surface area contributed by atoms with Gasteiger partial charge >= 0.3 is 0 Å². The largest absolute Gasteiger partial charge is 0.308 e. The molecule has 0 radical (unpaired) electrons. The van der Waals surface area contributed by atoms with Gasteiger partial charge in [0.1, 0.15) is 0 Å². The summed E-state index contributed by atoms with van der Waals surface area (Å²) < 4.78 is 1.97. The third kappa shape index (κ3) is 5.81. The highest BCUT2D eigenvalue weighted by molar-refractivity contribution is 7.07. The summed E-state index contributed by atoms with van der Waals surface area (Å²) in [5.74, 6) is 0. The molecule has 1 aromatic carbocycles. The van der Waals surface area contributed by atoms with Crippen molar-refractivity contribution >= 4 is 11.3 Å². The summed E-state index contributed by atoms with van der Waals surface area (Å²) in [6.07, 6.45) is 3.83. The van der Waals surface area contributed by atoms with Crippen LogP contribution in [0.5, 0.6) is 0 Å². The molecule has 0 aliphatic rings. The summed E-state index contributed by atoms with van der Waals surface area (Å²) in [6, 6.07) is 13.0. The fourth-order valence-corrected chi connectivity index (χ4v) is 3.52. The molecule has 3 aromatic rings. The second-order valence-electron chi connectivity index (χ2n) is 6.67. The number of thiophene rings is 1.